The number of anilines is 1. The molecule has 2 fully saturated rings. The number of hydrogen-bond acceptors (Lipinski definition) is 6. The molecule has 2 N–H and O–H groups in total. The van der Waals surface area contributed by atoms with Crippen molar-refractivity contribution in [3.63, 3.8) is 0 Å². The van der Waals surface area contributed by atoms with Crippen molar-refractivity contribution in [1.29, 1.82) is 0 Å². The van der Waals surface area contributed by atoms with Crippen LogP contribution in [0.5, 0.6) is 0 Å². The smallest absolute Gasteiger partial charge is 0.406 e. The van der Waals surface area contributed by atoms with Gasteiger partial charge >= 0.3 is 11.8 Å². The number of hydrogen-bond donors (Lipinski definition) is 2. The molecule has 1 aromatic rings. The minimum Gasteiger partial charge on any atom is -0.480 e. The number of nitrogens with one attached hydrogen (secondary N) is 1. The molecule has 9 heteroatoms. The highest BCUT2D eigenvalue weighted by molar-refractivity contribution is 5.69. The third-order valence-electron chi connectivity index (χ3n) is 4.59. The number of aliphatic carboxylic acids is 1. The molecule has 126 valence electrons. The van der Waals surface area contributed by atoms with E-state index < -0.39 is 10.9 Å². The molecule has 0 unspecified atom stereocenters. The molecule has 2 aliphatic rings. The SMILES string of the molecule is Cn1cnc([N+](=O)[O-])c1NC1CC(N(CC(=O)O)CC2CC2)C1. The Morgan fingerprint density at radius 3 is 2.83 bits per heavy atom. The minimum absolute atomic E-state index is 0.0692. The first-order valence-electron chi connectivity index (χ1n) is 7.82. The van der Waals surface area contributed by atoms with Crippen molar-refractivity contribution in [2.75, 3.05) is 18.4 Å². The summed E-state index contributed by atoms with van der Waals surface area (Å²) in [6.07, 6.45) is 5.38. The maximum absolute atomic E-state index is 11.0. The molecule has 2 saturated carbocycles. The van der Waals surface area contributed by atoms with Crippen molar-refractivity contribution in [3.8, 4) is 0 Å². The molecule has 0 aliphatic heterocycles. The summed E-state index contributed by atoms with van der Waals surface area (Å²) in [6, 6.07) is 0.348. The molecule has 0 atom stereocenters. The number of aryl methyl sites for hydroxylation is 1. The molecule has 0 saturated heterocycles. The standard InChI is InChI=1S/C14H21N5O4/c1-17-8-15-13(19(22)23)14(17)16-10-4-11(5-10)18(7-12(20)21)6-9-2-3-9/h8-11,16H,2-7H2,1H3,(H,20,21). The fraction of sp³-hybridized carbons (Fsp3) is 0.714. The second-order valence-corrected chi connectivity index (χ2v) is 6.52. The molecule has 0 radical (unpaired) electrons. The molecule has 2 aliphatic carbocycles. The van der Waals surface area contributed by atoms with Crippen LogP contribution in [0.1, 0.15) is 25.7 Å². The maximum Gasteiger partial charge on any atom is 0.406 e. The Morgan fingerprint density at radius 2 is 2.26 bits per heavy atom. The van der Waals surface area contributed by atoms with Crippen LogP contribution in [0.3, 0.4) is 0 Å². The Hall–Kier alpha value is -2.16. The molecule has 3 rings (SSSR count). The van der Waals surface area contributed by atoms with Crippen molar-refractivity contribution < 1.29 is 14.8 Å². The molecule has 9 nitrogen and oxygen atoms in total. The first-order chi connectivity index (χ1) is 10.9. The average Bonchev–Trinajstić information content (AvgIpc) is 3.14. The Labute approximate surface area is 133 Å². The zero-order valence-electron chi connectivity index (χ0n) is 13.0. The summed E-state index contributed by atoms with van der Waals surface area (Å²) >= 11 is 0. The highest BCUT2D eigenvalue weighted by Crippen LogP contribution is 2.35. The van der Waals surface area contributed by atoms with Gasteiger partial charge < -0.3 is 20.5 Å². The summed E-state index contributed by atoms with van der Waals surface area (Å²) in [4.78, 5) is 27.3. The van der Waals surface area contributed by atoms with Crippen molar-refractivity contribution in [3.05, 3.63) is 16.4 Å². The highest BCUT2D eigenvalue weighted by Gasteiger charge is 2.38. The monoisotopic (exact) mass is 323 g/mol. The van der Waals surface area contributed by atoms with Crippen molar-refractivity contribution in [1.82, 2.24) is 14.5 Å². The molecular weight excluding hydrogens is 302 g/mol. The predicted molar refractivity (Wildman–Crippen MR) is 82.2 cm³/mol. The molecule has 0 aromatic carbocycles. The van der Waals surface area contributed by atoms with Gasteiger partial charge in [-0.3, -0.25) is 14.3 Å². The van der Waals surface area contributed by atoms with Crippen LogP contribution in [0.15, 0.2) is 6.33 Å². The predicted octanol–water partition coefficient (Wildman–Crippen LogP) is 1.07. The lowest BCUT2D eigenvalue weighted by Gasteiger charge is -2.42. The van der Waals surface area contributed by atoms with Crippen molar-refractivity contribution >= 4 is 17.6 Å². The zero-order valence-corrected chi connectivity index (χ0v) is 13.0. The molecular formula is C14H21N5O4. The van der Waals surface area contributed by atoms with Crippen molar-refractivity contribution in [2.24, 2.45) is 13.0 Å². The summed E-state index contributed by atoms with van der Waals surface area (Å²) in [7, 11) is 1.71. The summed E-state index contributed by atoms with van der Waals surface area (Å²) in [5, 5.41) is 23.2. The average molecular weight is 323 g/mol. The van der Waals surface area contributed by atoms with Crippen LogP contribution < -0.4 is 5.32 Å². The van der Waals surface area contributed by atoms with Crippen LogP contribution in [0.4, 0.5) is 11.6 Å². The van der Waals surface area contributed by atoms with Crippen LogP contribution in [0, 0.1) is 16.0 Å². The number of carboxylic acids is 1. The molecule has 1 aromatic heterocycles. The van der Waals surface area contributed by atoms with Gasteiger partial charge in [0.15, 0.2) is 0 Å². The number of carboxylic acid groups (broad SMARTS) is 1. The zero-order chi connectivity index (χ0) is 16.6. The second kappa shape index (κ2) is 6.15. The van der Waals surface area contributed by atoms with E-state index in [4.69, 9.17) is 5.11 Å². The van der Waals surface area contributed by atoms with E-state index in [-0.39, 0.29) is 24.4 Å². The quantitative estimate of drug-likeness (QED) is 0.543. The van der Waals surface area contributed by atoms with E-state index in [1.54, 1.807) is 11.6 Å². The van der Waals surface area contributed by atoms with E-state index >= 15 is 0 Å². The fourth-order valence-corrected chi connectivity index (χ4v) is 3.06. The van der Waals surface area contributed by atoms with Gasteiger partial charge in [-0.05, 0) is 41.5 Å². The first-order valence-corrected chi connectivity index (χ1v) is 7.82. The largest absolute Gasteiger partial charge is 0.480 e. The number of imidazole rings is 1. The van der Waals surface area contributed by atoms with Gasteiger partial charge in [0.05, 0.1) is 6.54 Å². The van der Waals surface area contributed by atoms with Gasteiger partial charge in [-0.25, -0.2) is 0 Å². The van der Waals surface area contributed by atoms with Gasteiger partial charge in [0.25, 0.3) is 0 Å². The number of aromatic nitrogens is 2. The van der Waals surface area contributed by atoms with Gasteiger partial charge in [-0.15, -0.1) is 0 Å². The number of nitro groups is 1. The summed E-state index contributed by atoms with van der Waals surface area (Å²) in [6.45, 7) is 0.912. The minimum atomic E-state index is -0.802. The Morgan fingerprint density at radius 1 is 1.57 bits per heavy atom. The Kier molecular flexibility index (Phi) is 4.20. The van der Waals surface area contributed by atoms with Gasteiger partial charge in [-0.2, -0.15) is 0 Å². The second-order valence-electron chi connectivity index (χ2n) is 6.52. The molecule has 0 spiro atoms. The first kappa shape index (κ1) is 15.7. The third-order valence-corrected chi connectivity index (χ3v) is 4.59. The summed E-state index contributed by atoms with van der Waals surface area (Å²) in [5.41, 5.74) is 0. The number of rotatable bonds is 8. The van der Waals surface area contributed by atoms with E-state index in [9.17, 15) is 14.9 Å². The number of nitrogens with zero attached hydrogens (tertiary/aromatic N) is 4. The van der Waals surface area contributed by atoms with Gasteiger partial charge in [0.1, 0.15) is 0 Å². The maximum atomic E-state index is 11.0. The lowest BCUT2D eigenvalue weighted by molar-refractivity contribution is -0.388. The lowest BCUT2D eigenvalue weighted by atomic mass is 9.85. The van der Waals surface area contributed by atoms with Crippen LogP contribution in [0.25, 0.3) is 0 Å². The molecule has 23 heavy (non-hydrogen) atoms. The van der Waals surface area contributed by atoms with Crippen LogP contribution >= 0.6 is 0 Å². The van der Waals surface area contributed by atoms with Crippen LogP contribution in [-0.4, -0.2) is 55.6 Å². The Balaban J connectivity index is 1.56. The summed E-state index contributed by atoms with van der Waals surface area (Å²) < 4.78 is 1.60. The van der Waals surface area contributed by atoms with Crippen molar-refractivity contribution in [2.45, 2.75) is 37.8 Å². The van der Waals surface area contributed by atoms with Gasteiger partial charge in [0.2, 0.25) is 12.1 Å². The molecule has 1 heterocycles. The van der Waals surface area contributed by atoms with E-state index in [1.165, 1.54) is 19.2 Å². The van der Waals surface area contributed by atoms with E-state index in [1.807, 2.05) is 4.90 Å². The molecule has 0 amide bonds. The van der Waals surface area contributed by atoms with E-state index in [0.717, 1.165) is 19.4 Å². The topological polar surface area (TPSA) is 114 Å². The van der Waals surface area contributed by atoms with Crippen LogP contribution in [0.2, 0.25) is 0 Å². The number of carbonyl (C=O) groups is 1. The van der Waals surface area contributed by atoms with Gasteiger partial charge in [0, 0.05) is 25.7 Å². The Bertz CT molecular complexity index is 606. The summed E-state index contributed by atoms with van der Waals surface area (Å²) in [5.74, 6) is 0.0746. The van der Waals surface area contributed by atoms with Gasteiger partial charge in [-0.1, -0.05) is 0 Å². The van der Waals surface area contributed by atoms with E-state index in [2.05, 4.69) is 10.3 Å². The normalized spacial score (nSPS) is 23.6. The fourth-order valence-electron chi connectivity index (χ4n) is 3.06. The van der Waals surface area contributed by atoms with Crippen LogP contribution in [-0.2, 0) is 11.8 Å². The molecule has 0 bridgehead atoms. The highest BCUT2D eigenvalue weighted by atomic mass is 16.6. The lowest BCUT2D eigenvalue weighted by Crippen LogP contribution is -2.52. The van der Waals surface area contributed by atoms with E-state index in [0.29, 0.717) is 11.7 Å². The third kappa shape index (κ3) is 3.61.